The molecule has 14 heavy (non-hydrogen) atoms. The molecule has 0 aliphatic heterocycles. The predicted molar refractivity (Wildman–Crippen MR) is 54.7 cm³/mol. The monoisotopic (exact) mass is 234 g/mol. The quantitative estimate of drug-likeness (QED) is 0.702. The van der Waals surface area contributed by atoms with Gasteiger partial charge >= 0.3 is 0 Å². The normalized spacial score (nSPS) is 16.5. The van der Waals surface area contributed by atoms with Gasteiger partial charge in [0.05, 0.1) is 16.1 Å². The maximum Gasteiger partial charge on any atom is 0.160 e. The van der Waals surface area contributed by atoms with Crippen molar-refractivity contribution in [2.24, 2.45) is 0 Å². The first-order chi connectivity index (χ1) is 6.66. The second-order valence-electron chi connectivity index (χ2n) is 3.37. The molecule has 1 saturated carbocycles. The minimum absolute atomic E-state index is 0.00632. The lowest BCUT2D eigenvalue weighted by Gasteiger charge is -2.26. The third-order valence-electron chi connectivity index (χ3n) is 2.31. The van der Waals surface area contributed by atoms with Crippen LogP contribution in [0.2, 0.25) is 10.0 Å². The average Bonchev–Trinajstić information content (AvgIpc) is 2.07. The average molecular weight is 235 g/mol. The Labute approximate surface area is 91.8 Å². The summed E-state index contributed by atoms with van der Waals surface area (Å²) in [5.74, 6) is -0.0413. The summed E-state index contributed by atoms with van der Waals surface area (Å²) in [7, 11) is 0. The fraction of sp³-hybridized carbons (Fsp3) is 0.400. The first-order valence-electron chi connectivity index (χ1n) is 4.48. The zero-order valence-corrected chi connectivity index (χ0v) is 8.91. The van der Waals surface area contributed by atoms with Gasteiger partial charge in [-0.1, -0.05) is 23.2 Å². The maximum absolute atomic E-state index is 13.0. The molecule has 0 heterocycles. The van der Waals surface area contributed by atoms with E-state index >= 15 is 0 Å². The molecule has 0 saturated heterocycles. The minimum atomic E-state index is -0.589. The molecule has 1 aromatic rings. The van der Waals surface area contributed by atoms with Crippen molar-refractivity contribution in [2.45, 2.75) is 25.4 Å². The summed E-state index contributed by atoms with van der Waals surface area (Å²) in [5, 5.41) is 0.0126. The van der Waals surface area contributed by atoms with Crippen molar-refractivity contribution in [3.8, 4) is 5.75 Å². The highest BCUT2D eigenvalue weighted by atomic mass is 35.5. The van der Waals surface area contributed by atoms with E-state index in [4.69, 9.17) is 27.9 Å². The van der Waals surface area contributed by atoms with Crippen molar-refractivity contribution in [1.82, 2.24) is 0 Å². The molecule has 1 aromatic carbocycles. The third-order valence-corrected chi connectivity index (χ3v) is 2.86. The molecule has 2 rings (SSSR count). The molecule has 76 valence electrons. The van der Waals surface area contributed by atoms with Gasteiger partial charge in [0, 0.05) is 12.1 Å². The van der Waals surface area contributed by atoms with Crippen LogP contribution in [0.3, 0.4) is 0 Å². The Bertz CT molecular complexity index is 327. The number of rotatable bonds is 2. The second kappa shape index (κ2) is 3.95. The number of hydrogen-bond donors (Lipinski definition) is 0. The molecule has 0 aromatic heterocycles. The Morgan fingerprint density at radius 1 is 1.21 bits per heavy atom. The molecule has 0 unspecified atom stereocenters. The summed E-state index contributed by atoms with van der Waals surface area (Å²) in [6.07, 6.45) is 3.53. The van der Waals surface area contributed by atoms with Gasteiger partial charge in [-0.25, -0.2) is 4.39 Å². The zero-order valence-electron chi connectivity index (χ0n) is 7.40. The summed E-state index contributed by atoms with van der Waals surface area (Å²) in [5.41, 5.74) is 0. The van der Waals surface area contributed by atoms with Crippen LogP contribution in [0.15, 0.2) is 12.1 Å². The number of benzene rings is 1. The van der Waals surface area contributed by atoms with Crippen LogP contribution in [0.25, 0.3) is 0 Å². The fourth-order valence-electron chi connectivity index (χ4n) is 1.28. The molecule has 0 atom stereocenters. The van der Waals surface area contributed by atoms with E-state index in [1.165, 1.54) is 18.6 Å². The van der Waals surface area contributed by atoms with E-state index in [2.05, 4.69) is 0 Å². The first-order valence-corrected chi connectivity index (χ1v) is 5.23. The predicted octanol–water partition coefficient (Wildman–Crippen LogP) is 4.06. The number of hydrogen-bond acceptors (Lipinski definition) is 1. The SMILES string of the molecule is Fc1c(Cl)cc(OC2CCC2)cc1Cl. The van der Waals surface area contributed by atoms with Gasteiger partial charge in [0.2, 0.25) is 0 Å². The lowest BCUT2D eigenvalue weighted by Crippen LogP contribution is -2.24. The van der Waals surface area contributed by atoms with Crippen LogP contribution in [0.5, 0.6) is 5.75 Å². The molecule has 1 fully saturated rings. The Hall–Kier alpha value is -0.470. The van der Waals surface area contributed by atoms with Gasteiger partial charge in [0.15, 0.2) is 5.82 Å². The van der Waals surface area contributed by atoms with E-state index in [1.807, 2.05) is 0 Å². The van der Waals surface area contributed by atoms with Gasteiger partial charge in [-0.15, -0.1) is 0 Å². The van der Waals surface area contributed by atoms with Crippen molar-refractivity contribution in [3.05, 3.63) is 28.0 Å². The highest BCUT2D eigenvalue weighted by Gasteiger charge is 2.20. The molecule has 0 radical (unpaired) electrons. The summed E-state index contributed by atoms with van der Waals surface area (Å²) in [6, 6.07) is 2.92. The second-order valence-corrected chi connectivity index (χ2v) is 4.19. The van der Waals surface area contributed by atoms with E-state index in [1.54, 1.807) is 0 Å². The van der Waals surface area contributed by atoms with Gasteiger partial charge in [-0.3, -0.25) is 0 Å². The smallest absolute Gasteiger partial charge is 0.160 e. The Morgan fingerprint density at radius 2 is 1.79 bits per heavy atom. The summed E-state index contributed by atoms with van der Waals surface area (Å²) < 4.78 is 18.6. The van der Waals surface area contributed by atoms with Crippen molar-refractivity contribution in [2.75, 3.05) is 0 Å². The summed E-state index contributed by atoms with van der Waals surface area (Å²) in [6.45, 7) is 0. The van der Waals surface area contributed by atoms with Crippen LogP contribution in [0, 0.1) is 5.82 Å². The first kappa shape index (κ1) is 10.1. The molecule has 0 N–H and O–H groups in total. The Kier molecular flexibility index (Phi) is 2.84. The van der Waals surface area contributed by atoms with Gasteiger partial charge < -0.3 is 4.74 Å². The lowest BCUT2D eigenvalue weighted by atomic mass is 9.96. The van der Waals surface area contributed by atoms with Crippen molar-refractivity contribution in [3.63, 3.8) is 0 Å². The highest BCUT2D eigenvalue weighted by Crippen LogP contribution is 2.31. The molecule has 0 bridgehead atoms. The van der Waals surface area contributed by atoms with Crippen LogP contribution in [0.4, 0.5) is 4.39 Å². The molecule has 0 spiro atoms. The van der Waals surface area contributed by atoms with Crippen LogP contribution in [-0.4, -0.2) is 6.10 Å². The summed E-state index contributed by atoms with van der Waals surface area (Å²) >= 11 is 11.2. The van der Waals surface area contributed by atoms with Crippen molar-refractivity contribution in [1.29, 1.82) is 0 Å². The molecule has 1 nitrogen and oxygen atoms in total. The summed E-state index contributed by atoms with van der Waals surface area (Å²) in [4.78, 5) is 0. The van der Waals surface area contributed by atoms with Crippen LogP contribution >= 0.6 is 23.2 Å². The Balaban J connectivity index is 2.17. The Morgan fingerprint density at radius 3 is 2.21 bits per heavy atom. The van der Waals surface area contributed by atoms with Gasteiger partial charge in [-0.05, 0) is 19.3 Å². The van der Waals surface area contributed by atoms with Gasteiger partial charge in [-0.2, -0.15) is 0 Å². The van der Waals surface area contributed by atoms with E-state index in [0.717, 1.165) is 12.8 Å². The highest BCUT2D eigenvalue weighted by molar-refractivity contribution is 6.35. The van der Waals surface area contributed by atoms with E-state index < -0.39 is 5.82 Å². The third kappa shape index (κ3) is 1.96. The zero-order chi connectivity index (χ0) is 10.1. The number of halogens is 3. The largest absolute Gasteiger partial charge is 0.490 e. The van der Waals surface area contributed by atoms with Crippen LogP contribution < -0.4 is 4.74 Å². The molecule has 1 aliphatic carbocycles. The molecular weight excluding hydrogens is 226 g/mol. The van der Waals surface area contributed by atoms with E-state index in [-0.39, 0.29) is 16.1 Å². The van der Waals surface area contributed by atoms with Crippen LogP contribution in [-0.2, 0) is 0 Å². The standard InChI is InChI=1S/C10H9Cl2FO/c11-8-4-7(5-9(12)10(8)13)14-6-2-1-3-6/h4-6H,1-3H2. The van der Waals surface area contributed by atoms with E-state index in [0.29, 0.717) is 5.75 Å². The molecule has 4 heteroatoms. The molecular formula is C10H9Cl2FO. The van der Waals surface area contributed by atoms with Crippen molar-refractivity contribution < 1.29 is 9.13 Å². The lowest BCUT2D eigenvalue weighted by molar-refractivity contribution is 0.120. The van der Waals surface area contributed by atoms with Gasteiger partial charge in [0.25, 0.3) is 0 Å². The maximum atomic E-state index is 13.0. The minimum Gasteiger partial charge on any atom is -0.490 e. The fourth-order valence-corrected chi connectivity index (χ4v) is 1.75. The van der Waals surface area contributed by atoms with Crippen molar-refractivity contribution >= 4 is 23.2 Å². The molecule has 0 amide bonds. The number of ether oxygens (including phenoxy) is 1. The van der Waals surface area contributed by atoms with Crippen LogP contribution in [0.1, 0.15) is 19.3 Å². The van der Waals surface area contributed by atoms with E-state index in [9.17, 15) is 4.39 Å². The van der Waals surface area contributed by atoms with Gasteiger partial charge in [0.1, 0.15) is 5.75 Å². The topological polar surface area (TPSA) is 9.23 Å². The molecule has 1 aliphatic rings.